The number of rotatable bonds is 7. The molecule has 0 atom stereocenters. The number of hydrogen-bond acceptors (Lipinski definition) is 4. The van der Waals surface area contributed by atoms with Gasteiger partial charge in [-0.3, -0.25) is 9.59 Å². The number of nitrogens with one attached hydrogen (secondary N) is 2. The molecule has 1 aromatic carbocycles. The lowest BCUT2D eigenvalue weighted by Gasteiger charge is -2.22. The lowest BCUT2D eigenvalue weighted by atomic mass is 9.86. The van der Waals surface area contributed by atoms with Crippen LogP contribution in [0.3, 0.4) is 0 Å². The monoisotopic (exact) mass is 369 g/mol. The predicted octanol–water partition coefficient (Wildman–Crippen LogP) is 3.40. The second-order valence-corrected chi connectivity index (χ2v) is 7.26. The highest BCUT2D eigenvalue weighted by Crippen LogP contribution is 2.29. The van der Waals surface area contributed by atoms with E-state index in [0.717, 1.165) is 11.3 Å². The van der Waals surface area contributed by atoms with Crippen LogP contribution in [0.15, 0.2) is 42.5 Å². The van der Waals surface area contributed by atoms with Gasteiger partial charge in [-0.05, 0) is 35.6 Å². The first-order chi connectivity index (χ1) is 12.8. The molecule has 0 aliphatic rings. The third-order valence-corrected chi connectivity index (χ3v) is 4.01. The van der Waals surface area contributed by atoms with Gasteiger partial charge in [0, 0.05) is 25.9 Å². The summed E-state index contributed by atoms with van der Waals surface area (Å²) in [6.45, 7) is 7.33. The minimum Gasteiger partial charge on any atom is -0.385 e. The Balaban J connectivity index is 2.11. The molecular weight excluding hydrogens is 342 g/mol. The van der Waals surface area contributed by atoms with E-state index in [9.17, 15) is 9.59 Å². The predicted molar refractivity (Wildman–Crippen MR) is 106 cm³/mol. The van der Waals surface area contributed by atoms with Crippen molar-refractivity contribution < 1.29 is 14.3 Å². The Morgan fingerprint density at radius 1 is 1.00 bits per heavy atom. The topological polar surface area (TPSA) is 80.3 Å². The smallest absolute Gasteiger partial charge is 0.274 e. The summed E-state index contributed by atoms with van der Waals surface area (Å²) in [5.74, 6) is -0.656. The van der Waals surface area contributed by atoms with Crippen LogP contribution in [0.2, 0.25) is 0 Å². The second-order valence-electron chi connectivity index (χ2n) is 7.26. The van der Waals surface area contributed by atoms with Crippen molar-refractivity contribution in [2.75, 3.05) is 25.6 Å². The summed E-state index contributed by atoms with van der Waals surface area (Å²) in [5, 5.41) is 5.68. The number of carbonyl (C=O) groups excluding carboxylic acids is 2. The van der Waals surface area contributed by atoms with Crippen LogP contribution in [0.4, 0.5) is 5.69 Å². The zero-order valence-corrected chi connectivity index (χ0v) is 16.3. The molecule has 0 saturated heterocycles. The first-order valence-electron chi connectivity index (χ1n) is 8.98. The fourth-order valence-electron chi connectivity index (χ4n) is 2.63. The Morgan fingerprint density at radius 2 is 1.67 bits per heavy atom. The number of hydrogen-bond donors (Lipinski definition) is 2. The van der Waals surface area contributed by atoms with Crippen LogP contribution in [-0.2, 0) is 10.2 Å². The third kappa shape index (κ3) is 5.89. The molecule has 0 spiro atoms. The Labute approximate surface area is 160 Å². The van der Waals surface area contributed by atoms with E-state index >= 15 is 0 Å². The summed E-state index contributed by atoms with van der Waals surface area (Å²) >= 11 is 0. The van der Waals surface area contributed by atoms with Crippen molar-refractivity contribution in [2.24, 2.45) is 0 Å². The number of benzene rings is 1. The molecule has 6 nitrogen and oxygen atoms in total. The highest BCUT2D eigenvalue weighted by atomic mass is 16.5. The van der Waals surface area contributed by atoms with Crippen LogP contribution in [0, 0.1) is 0 Å². The van der Waals surface area contributed by atoms with Gasteiger partial charge in [0.15, 0.2) is 0 Å². The maximum Gasteiger partial charge on any atom is 0.274 e. The number of carbonyl (C=O) groups is 2. The minimum atomic E-state index is -0.347. The Kier molecular flexibility index (Phi) is 7.07. The van der Waals surface area contributed by atoms with Crippen LogP contribution in [0.1, 0.15) is 53.7 Å². The van der Waals surface area contributed by atoms with Gasteiger partial charge in [0.1, 0.15) is 11.4 Å². The number of pyridine rings is 1. The highest BCUT2D eigenvalue weighted by Gasteiger charge is 2.19. The molecule has 0 unspecified atom stereocenters. The lowest BCUT2D eigenvalue weighted by Crippen LogP contribution is -2.27. The molecule has 27 heavy (non-hydrogen) atoms. The average molecular weight is 369 g/mol. The number of anilines is 1. The number of nitrogens with zero attached hydrogens (tertiary/aromatic N) is 1. The van der Waals surface area contributed by atoms with E-state index in [1.54, 1.807) is 25.3 Å². The molecule has 0 saturated carbocycles. The van der Waals surface area contributed by atoms with E-state index in [4.69, 9.17) is 4.74 Å². The van der Waals surface area contributed by atoms with Gasteiger partial charge < -0.3 is 15.4 Å². The van der Waals surface area contributed by atoms with Crippen molar-refractivity contribution >= 4 is 17.5 Å². The first kappa shape index (κ1) is 20.6. The van der Waals surface area contributed by atoms with Gasteiger partial charge in [0.25, 0.3) is 11.8 Å². The molecular formula is C21H27N3O3. The quantitative estimate of drug-likeness (QED) is 0.733. The molecule has 0 radical (unpaired) electrons. The van der Waals surface area contributed by atoms with E-state index < -0.39 is 0 Å². The van der Waals surface area contributed by atoms with Crippen LogP contribution >= 0.6 is 0 Å². The van der Waals surface area contributed by atoms with Gasteiger partial charge in [-0.2, -0.15) is 0 Å². The molecule has 0 bridgehead atoms. The van der Waals surface area contributed by atoms with Crippen LogP contribution in [0.5, 0.6) is 0 Å². The molecule has 2 amide bonds. The van der Waals surface area contributed by atoms with Crippen molar-refractivity contribution in [1.82, 2.24) is 10.3 Å². The highest BCUT2D eigenvalue weighted by molar-refractivity contribution is 6.04. The maximum absolute atomic E-state index is 12.6. The summed E-state index contributed by atoms with van der Waals surface area (Å²) < 4.78 is 4.95. The summed E-state index contributed by atoms with van der Waals surface area (Å²) in [4.78, 5) is 29.0. The van der Waals surface area contributed by atoms with Gasteiger partial charge in [-0.1, -0.05) is 45.0 Å². The zero-order valence-electron chi connectivity index (χ0n) is 16.3. The molecule has 0 aliphatic carbocycles. The van der Waals surface area contributed by atoms with Crippen molar-refractivity contribution in [3.63, 3.8) is 0 Å². The zero-order chi connectivity index (χ0) is 19.9. The molecule has 6 heteroatoms. The summed E-state index contributed by atoms with van der Waals surface area (Å²) in [6.07, 6.45) is 0.714. The van der Waals surface area contributed by atoms with Crippen molar-refractivity contribution in [2.45, 2.75) is 32.6 Å². The second kappa shape index (κ2) is 9.28. The SMILES string of the molecule is COCCCNC(=O)c1cccc(C(=O)Nc2ccccc2C(C)(C)C)n1. The van der Waals surface area contributed by atoms with Crippen LogP contribution in [0.25, 0.3) is 0 Å². The number of amides is 2. The van der Waals surface area contributed by atoms with Gasteiger partial charge in [0.2, 0.25) is 0 Å². The molecule has 1 aromatic heterocycles. The Morgan fingerprint density at radius 3 is 2.33 bits per heavy atom. The van der Waals surface area contributed by atoms with E-state index in [-0.39, 0.29) is 28.6 Å². The standard InChI is InChI=1S/C21H27N3O3/c1-21(2,3)15-9-5-6-10-16(15)24-20(26)18-12-7-11-17(23-18)19(25)22-13-8-14-27-4/h5-7,9-12H,8,13-14H2,1-4H3,(H,22,25)(H,24,26). The number of ether oxygens (including phenoxy) is 1. The van der Waals surface area contributed by atoms with Crippen molar-refractivity contribution in [3.8, 4) is 0 Å². The number of aromatic nitrogens is 1. The van der Waals surface area contributed by atoms with Gasteiger partial charge in [-0.15, -0.1) is 0 Å². The Hall–Kier alpha value is -2.73. The fourth-order valence-corrected chi connectivity index (χ4v) is 2.63. The van der Waals surface area contributed by atoms with Crippen LogP contribution < -0.4 is 10.6 Å². The molecule has 2 rings (SSSR count). The normalized spacial score (nSPS) is 11.1. The van der Waals surface area contributed by atoms with Crippen molar-refractivity contribution in [1.29, 1.82) is 0 Å². The fraction of sp³-hybridized carbons (Fsp3) is 0.381. The molecule has 2 aromatic rings. The minimum absolute atomic E-state index is 0.110. The molecule has 144 valence electrons. The third-order valence-electron chi connectivity index (χ3n) is 4.01. The van der Waals surface area contributed by atoms with E-state index in [2.05, 4.69) is 36.4 Å². The van der Waals surface area contributed by atoms with Crippen LogP contribution in [-0.4, -0.2) is 37.1 Å². The molecule has 1 heterocycles. The summed E-state index contributed by atoms with van der Waals surface area (Å²) in [6, 6.07) is 12.5. The molecule has 0 aliphatic heterocycles. The van der Waals surface area contributed by atoms with Gasteiger partial charge >= 0.3 is 0 Å². The summed E-state index contributed by atoms with van der Waals surface area (Å²) in [7, 11) is 1.61. The average Bonchev–Trinajstić information content (AvgIpc) is 2.64. The van der Waals surface area contributed by atoms with Crippen molar-refractivity contribution in [3.05, 3.63) is 59.4 Å². The lowest BCUT2D eigenvalue weighted by molar-refractivity contribution is 0.0943. The number of para-hydroxylation sites is 1. The largest absolute Gasteiger partial charge is 0.385 e. The molecule has 0 fully saturated rings. The first-order valence-corrected chi connectivity index (χ1v) is 8.98. The van der Waals surface area contributed by atoms with E-state index in [1.807, 2.05) is 24.3 Å². The summed E-state index contributed by atoms with van der Waals surface area (Å²) in [5.41, 5.74) is 2.07. The van der Waals surface area contributed by atoms with E-state index in [1.165, 1.54) is 0 Å². The number of methoxy groups -OCH3 is 1. The van der Waals surface area contributed by atoms with Gasteiger partial charge in [-0.25, -0.2) is 4.98 Å². The molecule has 2 N–H and O–H groups in total. The maximum atomic E-state index is 12.6. The Bertz CT molecular complexity index is 797. The van der Waals surface area contributed by atoms with Gasteiger partial charge in [0.05, 0.1) is 0 Å². The van der Waals surface area contributed by atoms with E-state index in [0.29, 0.717) is 19.6 Å².